The lowest BCUT2D eigenvalue weighted by Gasteiger charge is -1.90. The molecule has 2 N–H and O–H groups in total. The maximum Gasteiger partial charge on any atom is 0.0614 e. The largest absolute Gasteiger partial charge is 0.396 e. The molecule has 104 valence electrons. The van der Waals surface area contributed by atoms with Crippen LogP contribution in [0.15, 0.2) is 23.8 Å². The van der Waals surface area contributed by atoms with Gasteiger partial charge in [-0.2, -0.15) is 0 Å². The van der Waals surface area contributed by atoms with Crippen LogP contribution in [0.25, 0.3) is 0 Å². The van der Waals surface area contributed by atoms with Gasteiger partial charge in [-0.15, -0.1) is 6.58 Å². The molecule has 0 bridgehead atoms. The zero-order valence-electron chi connectivity index (χ0n) is 12.6. The van der Waals surface area contributed by atoms with Crippen LogP contribution in [0.5, 0.6) is 0 Å². The van der Waals surface area contributed by atoms with E-state index < -0.39 is 0 Å². The Morgan fingerprint density at radius 3 is 1.59 bits per heavy atom. The molecule has 0 radical (unpaired) electrons. The van der Waals surface area contributed by atoms with E-state index in [0.29, 0.717) is 0 Å². The summed E-state index contributed by atoms with van der Waals surface area (Å²) in [6, 6.07) is 0. The minimum absolute atomic E-state index is 0.169. The summed E-state index contributed by atoms with van der Waals surface area (Å²) < 4.78 is 0. The second kappa shape index (κ2) is 17.8. The Kier molecular flexibility index (Phi) is 22.7. The molecule has 0 rings (SSSR count). The molecule has 0 unspecified atom stereocenters. The summed E-state index contributed by atoms with van der Waals surface area (Å²) in [5.74, 6) is 0.884. The first-order valence-electron chi connectivity index (χ1n) is 6.31. The Hall–Kier alpha value is -0.600. The summed E-state index contributed by atoms with van der Waals surface area (Å²) in [5.41, 5.74) is 2.20. The van der Waals surface area contributed by atoms with E-state index in [1.165, 1.54) is 6.42 Å². The molecule has 0 saturated carbocycles. The van der Waals surface area contributed by atoms with Crippen LogP contribution in [-0.4, -0.2) is 23.4 Å². The SMILES string of the molecule is C=C(C)CCO.CC(C)=CCO.CCC(C)C. The summed E-state index contributed by atoms with van der Waals surface area (Å²) in [6.07, 6.45) is 3.81. The van der Waals surface area contributed by atoms with Crippen molar-refractivity contribution in [1.82, 2.24) is 0 Å². The molecule has 0 fully saturated rings. The summed E-state index contributed by atoms with van der Waals surface area (Å²) in [6.45, 7) is 16.4. The summed E-state index contributed by atoms with van der Waals surface area (Å²) in [5, 5.41) is 16.3. The molecular weight excluding hydrogens is 212 g/mol. The van der Waals surface area contributed by atoms with Gasteiger partial charge in [0.25, 0.3) is 0 Å². The molecule has 0 aromatic heterocycles. The van der Waals surface area contributed by atoms with E-state index in [4.69, 9.17) is 10.2 Å². The standard InChI is InChI=1S/2C5H10O.C5H12/c2*1-5(2)3-4-6;1-4-5(2)3/h3,6H,4H2,1-2H3;6H,1,3-4H2,2H3;5H,4H2,1-3H3. The van der Waals surface area contributed by atoms with Crippen LogP contribution in [0.3, 0.4) is 0 Å². The van der Waals surface area contributed by atoms with Gasteiger partial charge in [0.1, 0.15) is 0 Å². The number of aliphatic hydroxyl groups excluding tert-OH is 2. The lowest BCUT2D eigenvalue weighted by atomic mass is 10.2. The number of hydrogen-bond donors (Lipinski definition) is 2. The fourth-order valence-electron chi connectivity index (χ4n) is 0.373. The molecule has 0 saturated heterocycles. The van der Waals surface area contributed by atoms with E-state index in [9.17, 15) is 0 Å². The summed E-state index contributed by atoms with van der Waals surface area (Å²) in [4.78, 5) is 0. The van der Waals surface area contributed by atoms with Gasteiger partial charge in [-0.1, -0.05) is 44.4 Å². The molecule has 0 aliphatic rings. The number of rotatable bonds is 4. The van der Waals surface area contributed by atoms with Crippen LogP contribution < -0.4 is 0 Å². The maximum absolute atomic E-state index is 8.18. The Morgan fingerprint density at radius 1 is 1.18 bits per heavy atom. The molecule has 0 heterocycles. The molecule has 0 spiro atoms. The second-order valence-electron chi connectivity index (χ2n) is 4.70. The van der Waals surface area contributed by atoms with Crippen LogP contribution in [0.4, 0.5) is 0 Å². The van der Waals surface area contributed by atoms with Gasteiger partial charge >= 0.3 is 0 Å². The zero-order valence-corrected chi connectivity index (χ0v) is 12.6. The van der Waals surface area contributed by atoms with Crippen LogP contribution in [0.1, 0.15) is 54.4 Å². The van der Waals surface area contributed by atoms with Crippen LogP contribution >= 0.6 is 0 Å². The van der Waals surface area contributed by atoms with Crippen molar-refractivity contribution in [3.05, 3.63) is 23.8 Å². The van der Waals surface area contributed by atoms with Gasteiger partial charge in [0.05, 0.1) is 6.61 Å². The van der Waals surface area contributed by atoms with Crippen molar-refractivity contribution in [3.8, 4) is 0 Å². The van der Waals surface area contributed by atoms with Crippen molar-refractivity contribution in [2.24, 2.45) is 5.92 Å². The highest BCUT2D eigenvalue weighted by Gasteiger charge is 1.80. The highest BCUT2D eigenvalue weighted by molar-refractivity contribution is 4.91. The highest BCUT2D eigenvalue weighted by atomic mass is 16.3. The third-order valence-electron chi connectivity index (χ3n) is 1.85. The van der Waals surface area contributed by atoms with Crippen molar-refractivity contribution in [2.45, 2.75) is 54.4 Å². The minimum atomic E-state index is 0.169. The zero-order chi connectivity index (χ0) is 14.3. The van der Waals surface area contributed by atoms with Crippen molar-refractivity contribution >= 4 is 0 Å². The van der Waals surface area contributed by atoms with E-state index in [0.717, 1.165) is 23.5 Å². The molecule has 0 aliphatic heterocycles. The average Bonchev–Trinajstić information content (AvgIpc) is 2.19. The van der Waals surface area contributed by atoms with Crippen molar-refractivity contribution < 1.29 is 10.2 Å². The van der Waals surface area contributed by atoms with Crippen molar-refractivity contribution in [1.29, 1.82) is 0 Å². The number of allylic oxidation sites excluding steroid dienone is 1. The van der Waals surface area contributed by atoms with Crippen molar-refractivity contribution in [2.75, 3.05) is 13.2 Å². The molecule has 0 atom stereocenters. The lowest BCUT2D eigenvalue weighted by molar-refractivity contribution is 0.299. The normalized spacial score (nSPS) is 8.53. The first-order chi connectivity index (χ1) is 7.81. The van der Waals surface area contributed by atoms with Crippen LogP contribution in [0, 0.1) is 5.92 Å². The van der Waals surface area contributed by atoms with E-state index in [1.807, 2.05) is 20.8 Å². The first kappa shape index (κ1) is 21.7. The van der Waals surface area contributed by atoms with Gasteiger partial charge in [-0.25, -0.2) is 0 Å². The average molecular weight is 244 g/mol. The van der Waals surface area contributed by atoms with Gasteiger partial charge in [0, 0.05) is 6.61 Å². The second-order valence-corrected chi connectivity index (χ2v) is 4.70. The first-order valence-corrected chi connectivity index (χ1v) is 6.31. The topological polar surface area (TPSA) is 40.5 Å². The monoisotopic (exact) mass is 244 g/mol. The van der Waals surface area contributed by atoms with Crippen LogP contribution in [-0.2, 0) is 0 Å². The van der Waals surface area contributed by atoms with E-state index in [2.05, 4.69) is 27.4 Å². The Labute approximate surface area is 108 Å². The molecule has 17 heavy (non-hydrogen) atoms. The summed E-state index contributed by atoms with van der Waals surface area (Å²) in [7, 11) is 0. The molecule has 2 heteroatoms. The molecule has 0 aromatic carbocycles. The quantitative estimate of drug-likeness (QED) is 0.735. The van der Waals surface area contributed by atoms with E-state index in [-0.39, 0.29) is 13.2 Å². The smallest absolute Gasteiger partial charge is 0.0614 e. The maximum atomic E-state index is 8.18. The molecule has 0 amide bonds. The third-order valence-corrected chi connectivity index (χ3v) is 1.85. The van der Waals surface area contributed by atoms with Gasteiger partial charge in [0.15, 0.2) is 0 Å². The summed E-state index contributed by atoms with van der Waals surface area (Å²) >= 11 is 0. The number of hydrogen-bond acceptors (Lipinski definition) is 2. The van der Waals surface area contributed by atoms with Crippen LogP contribution in [0.2, 0.25) is 0 Å². The van der Waals surface area contributed by atoms with Gasteiger partial charge in [-0.3, -0.25) is 0 Å². The predicted molar refractivity (Wildman–Crippen MR) is 78.2 cm³/mol. The predicted octanol–water partition coefficient (Wildman–Crippen LogP) is 3.94. The Balaban J connectivity index is -0.000000174. The molecule has 0 aromatic rings. The van der Waals surface area contributed by atoms with Gasteiger partial charge in [-0.05, 0) is 33.1 Å². The third kappa shape index (κ3) is 50.5. The highest BCUT2D eigenvalue weighted by Crippen LogP contribution is 1.93. The fraction of sp³-hybridized carbons (Fsp3) is 0.733. The number of aliphatic hydroxyl groups is 2. The fourth-order valence-corrected chi connectivity index (χ4v) is 0.373. The molecule has 2 nitrogen and oxygen atoms in total. The molecule has 0 aliphatic carbocycles. The van der Waals surface area contributed by atoms with E-state index in [1.54, 1.807) is 6.08 Å². The van der Waals surface area contributed by atoms with Gasteiger partial charge in [0.2, 0.25) is 0 Å². The Morgan fingerprint density at radius 2 is 1.59 bits per heavy atom. The Bertz CT molecular complexity index is 177. The van der Waals surface area contributed by atoms with Crippen molar-refractivity contribution in [3.63, 3.8) is 0 Å². The molecular formula is C15H32O2. The minimum Gasteiger partial charge on any atom is -0.396 e. The van der Waals surface area contributed by atoms with E-state index >= 15 is 0 Å². The van der Waals surface area contributed by atoms with Gasteiger partial charge < -0.3 is 10.2 Å². The lowest BCUT2D eigenvalue weighted by Crippen LogP contribution is -1.79.